The summed E-state index contributed by atoms with van der Waals surface area (Å²) in [5, 5.41) is 18.1. The number of hydrogen-bond donors (Lipinski definition) is 2. The first kappa shape index (κ1) is 30.0. The first-order chi connectivity index (χ1) is 18.4. The molecule has 0 spiro atoms. The van der Waals surface area contributed by atoms with Crippen molar-refractivity contribution in [1.29, 1.82) is 0 Å². The number of nitrogens with one attached hydrogen (secondary N) is 2. The summed E-state index contributed by atoms with van der Waals surface area (Å²) >= 11 is 1.31. The molecule has 0 bridgehead atoms. The maximum Gasteiger partial charge on any atom is 1.00 e. The summed E-state index contributed by atoms with van der Waals surface area (Å²) < 4.78 is 1.02. The number of urea groups is 2. The predicted molar refractivity (Wildman–Crippen MR) is 141 cm³/mol. The van der Waals surface area contributed by atoms with Gasteiger partial charge in [0.2, 0.25) is 11.8 Å². The van der Waals surface area contributed by atoms with E-state index in [1.54, 1.807) is 42.8 Å². The van der Waals surface area contributed by atoms with Gasteiger partial charge in [0.05, 0.1) is 31.5 Å². The molecule has 4 heterocycles. The van der Waals surface area contributed by atoms with E-state index in [0.717, 1.165) is 16.3 Å². The number of aryl methyl sites for hydroxylation is 2. The number of hydrogen-bond acceptors (Lipinski definition) is 7. The molecule has 3 aliphatic heterocycles. The first-order valence-corrected chi connectivity index (χ1v) is 13.4. The Morgan fingerprint density at radius 2 is 1.70 bits per heavy atom. The third kappa shape index (κ3) is 5.11. The Balaban J connectivity index is 0.00000370. The van der Waals surface area contributed by atoms with Crippen LogP contribution >= 0.6 is 11.8 Å². The Labute approximate surface area is 257 Å². The smallest absolute Gasteiger partial charge is 0.548 e. The van der Waals surface area contributed by atoms with Gasteiger partial charge in [0.15, 0.2) is 0 Å². The second-order valence-corrected chi connectivity index (χ2v) is 12.1. The molecule has 0 radical (unpaired) electrons. The van der Waals surface area contributed by atoms with Crippen LogP contribution in [0.5, 0.6) is 0 Å². The number of benzene rings is 1. The number of thioether (sulfide) groups is 1. The number of β-lactam (4-membered cyclic amide) rings is 1. The number of imide groups is 1. The molecule has 3 saturated heterocycles. The van der Waals surface area contributed by atoms with Crippen LogP contribution < -0.4 is 50.3 Å². The normalized spacial score (nSPS) is 22.9. The molecule has 3 atom stereocenters. The van der Waals surface area contributed by atoms with Crippen molar-refractivity contribution in [3.05, 3.63) is 53.3 Å². The fourth-order valence-corrected chi connectivity index (χ4v) is 7.06. The van der Waals surface area contributed by atoms with Crippen molar-refractivity contribution < 1.29 is 58.6 Å². The molecule has 3 fully saturated rings. The minimum Gasteiger partial charge on any atom is -0.548 e. The van der Waals surface area contributed by atoms with Gasteiger partial charge in [-0.15, -0.1) is 11.8 Å². The van der Waals surface area contributed by atoms with Crippen LogP contribution in [0.15, 0.2) is 36.4 Å². The molecule has 14 heteroatoms. The van der Waals surface area contributed by atoms with Crippen LogP contribution in [0.1, 0.15) is 30.8 Å². The van der Waals surface area contributed by atoms with E-state index in [1.807, 2.05) is 26.0 Å². The van der Waals surface area contributed by atoms with E-state index in [0.29, 0.717) is 17.8 Å². The van der Waals surface area contributed by atoms with E-state index < -0.39 is 52.1 Å². The van der Waals surface area contributed by atoms with Crippen molar-refractivity contribution in [1.82, 2.24) is 19.8 Å². The molecule has 2 aromatic rings. The summed E-state index contributed by atoms with van der Waals surface area (Å²) in [5.74, 6) is -2.24. The Kier molecular flexibility index (Phi) is 8.32. The van der Waals surface area contributed by atoms with Gasteiger partial charge in [0.1, 0.15) is 11.4 Å². The van der Waals surface area contributed by atoms with E-state index in [9.17, 15) is 29.1 Å². The average Bonchev–Trinajstić information content (AvgIpc) is 3.49. The van der Waals surface area contributed by atoms with E-state index in [4.69, 9.17) is 0 Å². The second kappa shape index (κ2) is 11.1. The number of fused-ring (bicyclic) bond motifs is 1. The number of carbonyl (C=O) groups excluding carboxylic acids is 5. The molecule has 0 saturated carbocycles. The average molecular weight is 577 g/mol. The Hall–Kier alpha value is -3.00. The molecule has 40 heavy (non-hydrogen) atoms. The Bertz CT molecular complexity index is 1380. The number of carbonyl (C=O) groups is 5. The van der Waals surface area contributed by atoms with Gasteiger partial charge in [0.25, 0.3) is 0 Å². The third-order valence-corrected chi connectivity index (χ3v) is 8.87. The number of amides is 6. The van der Waals surface area contributed by atoms with Gasteiger partial charge >= 0.3 is 41.6 Å². The molecule has 12 nitrogen and oxygen atoms in total. The standard InChI is InChI=1S/C26H30N6O6S.Na/c1-14-9-10-15(2)32(14)30-12-11-29(25(30)38)24(37)27-17-8-6-5-7-16(17)13-18(33)28-19-21(34)31-20(23(35)36)26(3,4)39-22(19)31;/h5-10,19-20,22H,11-13H2,1-4H3,(H,27,37)(H,28,33)(H,35,36);/q;+1/p-1/t19?,20-,22+;/m0./s1. The van der Waals surface area contributed by atoms with Gasteiger partial charge < -0.3 is 25.4 Å². The van der Waals surface area contributed by atoms with Crippen LogP contribution in [0.25, 0.3) is 0 Å². The van der Waals surface area contributed by atoms with Gasteiger partial charge in [-0.1, -0.05) is 18.2 Å². The van der Waals surface area contributed by atoms with Gasteiger partial charge in [-0.3, -0.25) is 14.3 Å². The Morgan fingerprint density at radius 1 is 1.05 bits per heavy atom. The molecular weight excluding hydrogens is 547 g/mol. The summed E-state index contributed by atoms with van der Waals surface area (Å²) in [7, 11) is 0. The molecule has 6 amide bonds. The van der Waals surface area contributed by atoms with Gasteiger partial charge in [-0.2, -0.15) is 0 Å². The molecule has 1 aromatic carbocycles. The first-order valence-electron chi connectivity index (χ1n) is 12.5. The molecule has 1 aromatic heterocycles. The van der Waals surface area contributed by atoms with Crippen LogP contribution in [-0.4, -0.2) is 79.6 Å². The van der Waals surface area contributed by atoms with Crippen LogP contribution in [0.2, 0.25) is 0 Å². The molecule has 3 aliphatic rings. The minimum atomic E-state index is -1.32. The molecule has 2 N–H and O–H groups in total. The second-order valence-electron chi connectivity index (χ2n) is 10.4. The van der Waals surface area contributed by atoms with Crippen LogP contribution in [0, 0.1) is 13.8 Å². The maximum atomic E-state index is 13.0. The number of nitrogens with zero attached hydrogens (tertiary/aromatic N) is 4. The summed E-state index contributed by atoms with van der Waals surface area (Å²) in [4.78, 5) is 65.6. The largest absolute Gasteiger partial charge is 1.00 e. The van der Waals surface area contributed by atoms with Crippen LogP contribution in [-0.2, 0) is 20.8 Å². The Morgan fingerprint density at radius 3 is 2.35 bits per heavy atom. The minimum absolute atomic E-state index is 0. The maximum absolute atomic E-state index is 13.0. The monoisotopic (exact) mass is 576 g/mol. The van der Waals surface area contributed by atoms with Crippen molar-refractivity contribution >= 4 is 47.3 Å². The van der Waals surface area contributed by atoms with Crippen molar-refractivity contribution in [2.45, 2.75) is 56.3 Å². The zero-order valence-corrected chi connectivity index (χ0v) is 25.8. The zero-order valence-electron chi connectivity index (χ0n) is 23.0. The summed E-state index contributed by atoms with van der Waals surface area (Å²) in [6.07, 6.45) is -0.132. The topological polar surface area (TPSA) is 147 Å². The van der Waals surface area contributed by atoms with Crippen molar-refractivity contribution in [2.24, 2.45) is 0 Å². The number of carboxylic acids is 1. The zero-order chi connectivity index (χ0) is 28.2. The predicted octanol–water partition coefficient (Wildman–Crippen LogP) is -2.45. The molecular formula is C26H29N6NaO6S. The van der Waals surface area contributed by atoms with E-state index in [2.05, 4.69) is 10.6 Å². The van der Waals surface area contributed by atoms with Gasteiger partial charge in [-0.05, 0) is 51.5 Å². The number of aliphatic carboxylic acids is 1. The summed E-state index contributed by atoms with van der Waals surface area (Å²) in [5.41, 5.74) is 2.62. The molecule has 5 rings (SSSR count). The quantitative estimate of drug-likeness (QED) is 0.287. The molecule has 1 unspecified atom stereocenters. The number of carboxylic acid groups (broad SMARTS) is 1. The van der Waals surface area contributed by atoms with E-state index >= 15 is 0 Å². The number of anilines is 1. The van der Waals surface area contributed by atoms with Crippen LogP contribution in [0.4, 0.5) is 15.3 Å². The van der Waals surface area contributed by atoms with Crippen molar-refractivity contribution in [3.63, 3.8) is 0 Å². The number of para-hydroxylation sites is 1. The molecule has 0 aliphatic carbocycles. The summed E-state index contributed by atoms with van der Waals surface area (Å²) in [6, 6.07) is 7.54. The van der Waals surface area contributed by atoms with E-state index in [1.165, 1.54) is 21.7 Å². The number of aromatic nitrogens is 1. The summed E-state index contributed by atoms with van der Waals surface area (Å²) in [6.45, 7) is 7.76. The van der Waals surface area contributed by atoms with Crippen molar-refractivity contribution in [3.8, 4) is 0 Å². The number of rotatable bonds is 6. The van der Waals surface area contributed by atoms with Crippen molar-refractivity contribution in [2.75, 3.05) is 23.4 Å². The fourth-order valence-electron chi connectivity index (χ4n) is 5.44. The third-order valence-electron chi connectivity index (χ3n) is 7.30. The van der Waals surface area contributed by atoms with Gasteiger partial charge in [-0.25, -0.2) is 19.5 Å². The van der Waals surface area contributed by atoms with E-state index in [-0.39, 0.29) is 42.5 Å². The van der Waals surface area contributed by atoms with Crippen LogP contribution in [0.3, 0.4) is 0 Å². The van der Waals surface area contributed by atoms with Gasteiger partial charge in [0, 0.05) is 21.8 Å². The fraction of sp³-hybridized carbons (Fsp3) is 0.423. The SMILES string of the molecule is Cc1ccc(C)n1N1CCN(C(=O)Nc2ccccc2CC(=O)NC2C(=O)N3[C@@H]2SC(C)(C)[C@@H]3C(=O)[O-])C1=O.[Na+]. The molecule has 206 valence electrons.